The van der Waals surface area contributed by atoms with E-state index in [9.17, 15) is 8.42 Å². The molecule has 7 nitrogen and oxygen atoms in total. The molecule has 0 radical (unpaired) electrons. The molecule has 2 N–H and O–H groups in total. The van der Waals surface area contributed by atoms with Gasteiger partial charge in [-0.2, -0.15) is 0 Å². The maximum atomic E-state index is 12.4. The van der Waals surface area contributed by atoms with E-state index in [1.54, 1.807) is 19.2 Å². The van der Waals surface area contributed by atoms with Gasteiger partial charge in [0, 0.05) is 40.3 Å². The van der Waals surface area contributed by atoms with Crippen LogP contribution in [-0.2, 0) is 21.3 Å². The van der Waals surface area contributed by atoms with Crippen LogP contribution in [0.25, 0.3) is 0 Å². The summed E-state index contributed by atoms with van der Waals surface area (Å²) in [6.07, 6.45) is 4.13. The van der Waals surface area contributed by atoms with Gasteiger partial charge in [0.2, 0.25) is 10.0 Å². The summed E-state index contributed by atoms with van der Waals surface area (Å²) in [6, 6.07) is 6.93. The first kappa shape index (κ1) is 25.1. The maximum absolute atomic E-state index is 12.4. The Hall–Kier alpha value is -0.910. The number of guanidine groups is 1. The Morgan fingerprint density at radius 1 is 1.32 bits per heavy atom. The van der Waals surface area contributed by atoms with Gasteiger partial charge in [-0.1, -0.05) is 25.5 Å². The highest BCUT2D eigenvalue weighted by molar-refractivity contribution is 14.0. The van der Waals surface area contributed by atoms with Crippen LogP contribution in [0.1, 0.15) is 38.2 Å². The van der Waals surface area contributed by atoms with Crippen LogP contribution >= 0.6 is 24.0 Å². The molecule has 2 rings (SSSR count). The summed E-state index contributed by atoms with van der Waals surface area (Å²) >= 11 is 0. The first-order valence-electron chi connectivity index (χ1n) is 9.58. The van der Waals surface area contributed by atoms with Gasteiger partial charge in [-0.3, -0.25) is 4.99 Å². The van der Waals surface area contributed by atoms with Crippen LogP contribution in [0, 0.1) is 0 Å². The number of sulfonamides is 1. The van der Waals surface area contributed by atoms with E-state index in [1.165, 1.54) is 0 Å². The largest absolute Gasteiger partial charge is 0.377 e. The van der Waals surface area contributed by atoms with Crippen molar-refractivity contribution in [1.29, 1.82) is 0 Å². The topological polar surface area (TPSA) is 83.0 Å². The lowest BCUT2D eigenvalue weighted by Gasteiger charge is -2.21. The minimum absolute atomic E-state index is 0. The van der Waals surface area contributed by atoms with Gasteiger partial charge in [-0.25, -0.2) is 13.1 Å². The fourth-order valence-corrected chi connectivity index (χ4v) is 4.01. The second-order valence-electron chi connectivity index (χ2n) is 6.81. The summed E-state index contributed by atoms with van der Waals surface area (Å²) in [5.41, 5.74) is 0.998. The Kier molecular flexibility index (Phi) is 11.3. The number of benzene rings is 1. The number of rotatable bonds is 9. The Balaban J connectivity index is 0.00000392. The Bertz CT molecular complexity index is 704. The minimum Gasteiger partial charge on any atom is -0.377 e. The molecule has 0 amide bonds. The molecule has 1 fully saturated rings. The van der Waals surface area contributed by atoms with Crippen molar-refractivity contribution in [3.8, 4) is 0 Å². The summed E-state index contributed by atoms with van der Waals surface area (Å²) < 4.78 is 32.9. The molecule has 160 valence electrons. The monoisotopic (exact) mass is 524 g/mol. The standard InChI is InChI=1S/C19H32N4O3S.HI/c1-4-5-12-23(3)19(20-2)21-14-16-8-10-18(11-9-16)27(24,25)22-15-17-7-6-13-26-17;/h8-11,17,22H,4-7,12-15H2,1-3H3,(H,20,21);1H. The molecule has 1 heterocycles. The van der Waals surface area contributed by atoms with Crippen molar-refractivity contribution >= 4 is 40.0 Å². The average molecular weight is 524 g/mol. The summed E-state index contributed by atoms with van der Waals surface area (Å²) in [6.45, 7) is 4.74. The van der Waals surface area contributed by atoms with Gasteiger partial charge in [-0.15, -0.1) is 24.0 Å². The predicted molar refractivity (Wildman–Crippen MR) is 124 cm³/mol. The molecular weight excluding hydrogens is 491 g/mol. The lowest BCUT2D eigenvalue weighted by Crippen LogP contribution is -2.38. The van der Waals surface area contributed by atoms with Crippen LogP contribution in [0.2, 0.25) is 0 Å². The third-order valence-corrected chi connectivity index (χ3v) is 6.07. The molecule has 0 aromatic heterocycles. The summed E-state index contributed by atoms with van der Waals surface area (Å²) in [7, 11) is 0.272. The second-order valence-corrected chi connectivity index (χ2v) is 8.57. The van der Waals surface area contributed by atoms with E-state index in [1.807, 2.05) is 19.2 Å². The molecular formula is C19H33IN4O3S. The van der Waals surface area contributed by atoms with Crippen molar-refractivity contribution in [3.63, 3.8) is 0 Å². The number of hydrogen-bond donors (Lipinski definition) is 2. The zero-order chi connectivity index (χ0) is 19.7. The van der Waals surface area contributed by atoms with Crippen LogP contribution in [0.4, 0.5) is 0 Å². The molecule has 0 bridgehead atoms. The SMILES string of the molecule is CCCCN(C)C(=NC)NCc1ccc(S(=O)(=O)NCC2CCCO2)cc1.I. The predicted octanol–water partition coefficient (Wildman–Crippen LogP) is 2.57. The number of unbranched alkanes of at least 4 members (excludes halogenated alkanes) is 1. The van der Waals surface area contributed by atoms with E-state index in [0.717, 1.165) is 43.8 Å². The number of nitrogens with zero attached hydrogens (tertiary/aromatic N) is 2. The summed E-state index contributed by atoms with van der Waals surface area (Å²) in [5.74, 6) is 0.832. The van der Waals surface area contributed by atoms with E-state index < -0.39 is 10.0 Å². The van der Waals surface area contributed by atoms with E-state index in [2.05, 4.69) is 26.9 Å². The molecule has 0 saturated carbocycles. The van der Waals surface area contributed by atoms with Crippen molar-refractivity contribution in [2.24, 2.45) is 4.99 Å². The molecule has 0 aliphatic carbocycles. The van der Waals surface area contributed by atoms with Crippen LogP contribution in [-0.4, -0.2) is 59.2 Å². The first-order chi connectivity index (χ1) is 13.0. The summed E-state index contributed by atoms with van der Waals surface area (Å²) in [4.78, 5) is 6.66. The van der Waals surface area contributed by atoms with Crippen molar-refractivity contribution in [3.05, 3.63) is 29.8 Å². The molecule has 28 heavy (non-hydrogen) atoms. The number of hydrogen-bond acceptors (Lipinski definition) is 4. The van der Waals surface area contributed by atoms with E-state index in [0.29, 0.717) is 19.7 Å². The van der Waals surface area contributed by atoms with Crippen molar-refractivity contribution < 1.29 is 13.2 Å². The average Bonchev–Trinajstić information content (AvgIpc) is 3.19. The van der Waals surface area contributed by atoms with Crippen molar-refractivity contribution in [2.75, 3.05) is 33.8 Å². The van der Waals surface area contributed by atoms with Gasteiger partial charge in [0.05, 0.1) is 11.0 Å². The fourth-order valence-electron chi connectivity index (χ4n) is 2.94. The molecule has 1 aromatic carbocycles. The first-order valence-corrected chi connectivity index (χ1v) is 11.1. The molecule has 1 unspecified atom stereocenters. The second kappa shape index (κ2) is 12.6. The third kappa shape index (κ3) is 7.84. The normalized spacial score (nSPS) is 17.2. The molecule has 1 aliphatic rings. The molecule has 0 spiro atoms. The molecule has 1 aliphatic heterocycles. The Morgan fingerprint density at radius 3 is 2.61 bits per heavy atom. The van der Waals surface area contributed by atoms with Gasteiger partial charge < -0.3 is 15.0 Å². The lowest BCUT2D eigenvalue weighted by atomic mass is 10.2. The number of halogens is 1. The number of aliphatic imine (C=N–C) groups is 1. The maximum Gasteiger partial charge on any atom is 0.240 e. The van der Waals surface area contributed by atoms with Crippen LogP contribution in [0.15, 0.2) is 34.2 Å². The molecule has 1 atom stereocenters. The molecule has 1 aromatic rings. The highest BCUT2D eigenvalue weighted by Gasteiger charge is 2.20. The van der Waals surface area contributed by atoms with Gasteiger partial charge in [0.1, 0.15) is 0 Å². The van der Waals surface area contributed by atoms with E-state index in [-0.39, 0.29) is 35.0 Å². The van der Waals surface area contributed by atoms with Crippen LogP contribution in [0.5, 0.6) is 0 Å². The number of nitrogens with one attached hydrogen (secondary N) is 2. The van der Waals surface area contributed by atoms with Crippen LogP contribution < -0.4 is 10.0 Å². The van der Waals surface area contributed by atoms with Gasteiger partial charge in [0.15, 0.2) is 5.96 Å². The van der Waals surface area contributed by atoms with Crippen molar-refractivity contribution in [1.82, 2.24) is 14.9 Å². The van der Waals surface area contributed by atoms with E-state index >= 15 is 0 Å². The van der Waals surface area contributed by atoms with E-state index in [4.69, 9.17) is 4.74 Å². The third-order valence-electron chi connectivity index (χ3n) is 4.63. The summed E-state index contributed by atoms with van der Waals surface area (Å²) in [5, 5.41) is 3.31. The molecule has 1 saturated heterocycles. The van der Waals surface area contributed by atoms with Crippen molar-refractivity contribution in [2.45, 2.75) is 50.2 Å². The smallest absolute Gasteiger partial charge is 0.240 e. The zero-order valence-corrected chi connectivity index (χ0v) is 20.1. The highest BCUT2D eigenvalue weighted by Crippen LogP contribution is 2.14. The highest BCUT2D eigenvalue weighted by atomic mass is 127. The Labute approximate surface area is 186 Å². The van der Waals surface area contributed by atoms with Gasteiger partial charge in [0.25, 0.3) is 0 Å². The van der Waals surface area contributed by atoms with Gasteiger partial charge in [-0.05, 0) is 37.0 Å². The zero-order valence-electron chi connectivity index (χ0n) is 17.0. The Morgan fingerprint density at radius 2 is 2.04 bits per heavy atom. The molecule has 9 heteroatoms. The lowest BCUT2D eigenvalue weighted by molar-refractivity contribution is 0.114. The minimum atomic E-state index is -3.51. The van der Waals surface area contributed by atoms with Crippen LogP contribution in [0.3, 0.4) is 0 Å². The van der Waals surface area contributed by atoms with Gasteiger partial charge >= 0.3 is 0 Å². The fraction of sp³-hybridized carbons (Fsp3) is 0.632. The number of ether oxygens (including phenoxy) is 1. The quantitative estimate of drug-likeness (QED) is 0.295.